The Hall–Kier alpha value is -0.670. The lowest BCUT2D eigenvalue weighted by Crippen LogP contribution is -2.32. The Morgan fingerprint density at radius 2 is 2.17 bits per heavy atom. The third kappa shape index (κ3) is 2.52. The van der Waals surface area contributed by atoms with E-state index in [-0.39, 0.29) is 5.54 Å². The summed E-state index contributed by atoms with van der Waals surface area (Å²) in [5.41, 5.74) is 1.55. The van der Waals surface area contributed by atoms with E-state index in [1.54, 1.807) is 0 Å². The largest absolute Gasteiger partial charge is 0.490 e. The van der Waals surface area contributed by atoms with Gasteiger partial charge in [0.15, 0.2) is 0 Å². The Bertz CT molecular complexity index is 391. The van der Waals surface area contributed by atoms with Crippen molar-refractivity contribution in [2.45, 2.75) is 37.8 Å². The SMILES string of the molecule is CC1(c2ccc(OC3CCSC3)cc2)CCCN1. The lowest BCUT2D eigenvalue weighted by Gasteiger charge is -2.25. The number of hydrogen-bond donors (Lipinski definition) is 1. The molecular formula is C15H21NOS. The number of nitrogens with one attached hydrogen (secondary N) is 1. The maximum atomic E-state index is 5.98. The minimum atomic E-state index is 0.168. The van der Waals surface area contributed by atoms with Gasteiger partial charge in [0.25, 0.3) is 0 Å². The molecule has 0 bridgehead atoms. The molecule has 98 valence electrons. The number of ether oxygens (including phenoxy) is 1. The molecule has 1 aromatic carbocycles. The van der Waals surface area contributed by atoms with E-state index in [1.807, 2.05) is 11.8 Å². The van der Waals surface area contributed by atoms with Gasteiger partial charge >= 0.3 is 0 Å². The molecule has 1 N–H and O–H groups in total. The molecule has 3 heteroatoms. The zero-order valence-electron chi connectivity index (χ0n) is 10.9. The van der Waals surface area contributed by atoms with E-state index in [2.05, 4.69) is 36.5 Å². The van der Waals surface area contributed by atoms with Gasteiger partial charge in [-0.25, -0.2) is 0 Å². The average Bonchev–Trinajstić information content (AvgIpc) is 3.03. The average molecular weight is 263 g/mol. The Morgan fingerprint density at radius 3 is 2.78 bits per heavy atom. The number of benzene rings is 1. The van der Waals surface area contributed by atoms with Crippen molar-refractivity contribution in [2.75, 3.05) is 18.1 Å². The van der Waals surface area contributed by atoms with Crippen LogP contribution in [0.25, 0.3) is 0 Å². The van der Waals surface area contributed by atoms with Crippen LogP contribution in [0.4, 0.5) is 0 Å². The quantitative estimate of drug-likeness (QED) is 0.905. The minimum Gasteiger partial charge on any atom is -0.490 e. The maximum absolute atomic E-state index is 5.98. The smallest absolute Gasteiger partial charge is 0.119 e. The second-order valence-electron chi connectivity index (χ2n) is 5.49. The van der Waals surface area contributed by atoms with Gasteiger partial charge in [0.2, 0.25) is 0 Å². The summed E-state index contributed by atoms with van der Waals surface area (Å²) in [4.78, 5) is 0. The molecule has 0 spiro atoms. The van der Waals surface area contributed by atoms with E-state index in [0.29, 0.717) is 6.10 Å². The van der Waals surface area contributed by atoms with E-state index < -0.39 is 0 Å². The van der Waals surface area contributed by atoms with Crippen LogP contribution < -0.4 is 10.1 Å². The van der Waals surface area contributed by atoms with E-state index >= 15 is 0 Å². The maximum Gasteiger partial charge on any atom is 0.119 e. The van der Waals surface area contributed by atoms with Crippen molar-refractivity contribution in [1.82, 2.24) is 5.32 Å². The fourth-order valence-corrected chi connectivity index (χ4v) is 3.93. The molecule has 2 nitrogen and oxygen atoms in total. The molecule has 2 heterocycles. The van der Waals surface area contributed by atoms with E-state index in [1.165, 1.54) is 30.6 Å². The second-order valence-corrected chi connectivity index (χ2v) is 6.64. The standard InChI is InChI=1S/C15H21NOS/c1-15(8-2-9-16-15)12-3-5-13(6-4-12)17-14-7-10-18-11-14/h3-6,14,16H,2,7-11H2,1H3. The fourth-order valence-electron chi connectivity index (χ4n) is 2.84. The summed E-state index contributed by atoms with van der Waals surface area (Å²) in [5.74, 6) is 3.40. The first-order chi connectivity index (χ1) is 8.76. The van der Waals surface area contributed by atoms with Crippen molar-refractivity contribution in [3.8, 4) is 5.75 Å². The Balaban J connectivity index is 1.68. The van der Waals surface area contributed by atoms with E-state index in [4.69, 9.17) is 4.74 Å². The molecule has 18 heavy (non-hydrogen) atoms. The van der Waals surface area contributed by atoms with Gasteiger partial charge in [0.1, 0.15) is 11.9 Å². The van der Waals surface area contributed by atoms with Crippen LogP contribution in [0, 0.1) is 0 Å². The highest BCUT2D eigenvalue weighted by molar-refractivity contribution is 7.99. The van der Waals surface area contributed by atoms with E-state index in [0.717, 1.165) is 18.0 Å². The molecule has 3 rings (SSSR count). The lowest BCUT2D eigenvalue weighted by atomic mass is 9.91. The first kappa shape index (κ1) is 12.4. The van der Waals surface area contributed by atoms with Gasteiger partial charge in [0, 0.05) is 11.3 Å². The normalized spacial score (nSPS) is 31.7. The Labute approximate surface area is 113 Å². The monoisotopic (exact) mass is 263 g/mol. The fraction of sp³-hybridized carbons (Fsp3) is 0.600. The van der Waals surface area contributed by atoms with Crippen LogP contribution in [0.3, 0.4) is 0 Å². The van der Waals surface area contributed by atoms with Gasteiger partial charge in [-0.1, -0.05) is 12.1 Å². The zero-order valence-corrected chi connectivity index (χ0v) is 11.8. The Morgan fingerprint density at radius 1 is 1.33 bits per heavy atom. The minimum absolute atomic E-state index is 0.168. The van der Waals surface area contributed by atoms with Crippen molar-refractivity contribution in [3.63, 3.8) is 0 Å². The van der Waals surface area contributed by atoms with Crippen LogP contribution >= 0.6 is 11.8 Å². The highest BCUT2D eigenvalue weighted by atomic mass is 32.2. The van der Waals surface area contributed by atoms with Gasteiger partial charge in [0.05, 0.1) is 0 Å². The van der Waals surface area contributed by atoms with Gasteiger partial charge < -0.3 is 10.1 Å². The van der Waals surface area contributed by atoms with Crippen molar-refractivity contribution < 1.29 is 4.74 Å². The Kier molecular flexibility index (Phi) is 3.53. The summed E-state index contributed by atoms with van der Waals surface area (Å²) < 4.78 is 5.98. The summed E-state index contributed by atoms with van der Waals surface area (Å²) in [5, 5.41) is 3.60. The molecule has 1 aromatic rings. The molecule has 2 unspecified atom stereocenters. The molecule has 2 saturated heterocycles. The predicted molar refractivity (Wildman–Crippen MR) is 77.4 cm³/mol. The molecule has 2 aliphatic rings. The summed E-state index contributed by atoms with van der Waals surface area (Å²) in [6.07, 6.45) is 4.10. The first-order valence-corrected chi connectivity index (χ1v) is 8.02. The van der Waals surface area contributed by atoms with Gasteiger partial charge in [-0.3, -0.25) is 0 Å². The molecule has 0 aliphatic carbocycles. The highest BCUT2D eigenvalue weighted by Gasteiger charge is 2.29. The van der Waals surface area contributed by atoms with Crippen molar-refractivity contribution in [1.29, 1.82) is 0 Å². The van der Waals surface area contributed by atoms with Gasteiger partial charge in [-0.15, -0.1) is 0 Å². The predicted octanol–water partition coefficient (Wildman–Crippen LogP) is 3.17. The van der Waals surface area contributed by atoms with Gasteiger partial charge in [-0.2, -0.15) is 11.8 Å². The van der Waals surface area contributed by atoms with Crippen molar-refractivity contribution in [3.05, 3.63) is 29.8 Å². The molecule has 0 radical (unpaired) electrons. The first-order valence-electron chi connectivity index (χ1n) is 6.86. The van der Waals surface area contributed by atoms with Gasteiger partial charge in [-0.05, 0) is 56.2 Å². The molecule has 2 fully saturated rings. The summed E-state index contributed by atoms with van der Waals surface area (Å²) in [6, 6.07) is 8.69. The second kappa shape index (κ2) is 5.14. The number of thioether (sulfide) groups is 1. The third-order valence-corrected chi connectivity index (χ3v) is 5.18. The van der Waals surface area contributed by atoms with E-state index in [9.17, 15) is 0 Å². The van der Waals surface area contributed by atoms with Crippen LogP contribution in [0.15, 0.2) is 24.3 Å². The highest BCUT2D eigenvalue weighted by Crippen LogP contribution is 2.31. The van der Waals surface area contributed by atoms with Crippen LogP contribution in [-0.2, 0) is 5.54 Å². The number of rotatable bonds is 3. The van der Waals surface area contributed by atoms with Crippen LogP contribution in [-0.4, -0.2) is 24.2 Å². The van der Waals surface area contributed by atoms with Crippen molar-refractivity contribution >= 4 is 11.8 Å². The number of hydrogen-bond acceptors (Lipinski definition) is 3. The lowest BCUT2D eigenvalue weighted by molar-refractivity contribution is 0.229. The van der Waals surface area contributed by atoms with Crippen molar-refractivity contribution in [2.24, 2.45) is 0 Å². The molecule has 0 saturated carbocycles. The van der Waals surface area contributed by atoms with Crippen LogP contribution in [0.2, 0.25) is 0 Å². The molecular weight excluding hydrogens is 242 g/mol. The zero-order chi connectivity index (χ0) is 12.4. The van der Waals surface area contributed by atoms with Crippen LogP contribution in [0.1, 0.15) is 31.7 Å². The molecule has 0 amide bonds. The topological polar surface area (TPSA) is 21.3 Å². The summed E-state index contributed by atoms with van der Waals surface area (Å²) in [6.45, 7) is 3.43. The third-order valence-electron chi connectivity index (χ3n) is 4.05. The molecule has 2 aliphatic heterocycles. The van der Waals surface area contributed by atoms with Crippen LogP contribution in [0.5, 0.6) is 5.75 Å². The summed E-state index contributed by atoms with van der Waals surface area (Å²) >= 11 is 1.99. The summed E-state index contributed by atoms with van der Waals surface area (Å²) in [7, 11) is 0. The molecule has 0 aromatic heterocycles. The molecule has 2 atom stereocenters.